The summed E-state index contributed by atoms with van der Waals surface area (Å²) < 4.78 is 17.3. The molecule has 224 valence electrons. The van der Waals surface area contributed by atoms with Crippen LogP contribution in [0, 0.1) is 18.8 Å². The van der Waals surface area contributed by atoms with E-state index >= 15 is 0 Å². The van der Waals surface area contributed by atoms with E-state index in [1.165, 1.54) is 0 Å². The lowest BCUT2D eigenvalue weighted by Gasteiger charge is -2.24. The van der Waals surface area contributed by atoms with Crippen LogP contribution in [0.1, 0.15) is 69.4 Å². The highest BCUT2D eigenvalue weighted by atomic mass is 35.5. The standard InChI is InChI=1S/C29H30Cl4N4O5/c1-14(2)27(15(3)4)42-29(39)41-13-40-19(38)10-9-18-28-35-12-16(5)37(28)26-20(21(30)22(31)23(32)24(26)33)25(36-18)17-8-6-7-11-34-17/h6-8,11-12,14-15,18,27H,9-10,13H2,1-5H3/t18-/m0/s1. The summed E-state index contributed by atoms with van der Waals surface area (Å²) in [5.41, 5.74) is 2.56. The van der Waals surface area contributed by atoms with E-state index in [2.05, 4.69) is 9.97 Å². The summed E-state index contributed by atoms with van der Waals surface area (Å²) >= 11 is 26.5. The molecule has 42 heavy (non-hydrogen) atoms. The summed E-state index contributed by atoms with van der Waals surface area (Å²) in [4.78, 5) is 38.8. The molecule has 1 aliphatic rings. The molecule has 0 bridgehead atoms. The Balaban J connectivity index is 1.59. The molecule has 9 nitrogen and oxygen atoms in total. The molecule has 0 N–H and O–H groups in total. The highest BCUT2D eigenvalue weighted by Gasteiger charge is 2.33. The number of rotatable bonds is 9. The average molecular weight is 656 g/mol. The molecule has 0 aliphatic carbocycles. The van der Waals surface area contributed by atoms with Gasteiger partial charge < -0.3 is 14.2 Å². The van der Waals surface area contributed by atoms with Crippen molar-refractivity contribution >= 4 is 64.2 Å². The predicted molar refractivity (Wildman–Crippen MR) is 162 cm³/mol. The molecular weight excluding hydrogens is 626 g/mol. The highest BCUT2D eigenvalue weighted by molar-refractivity contribution is 6.54. The van der Waals surface area contributed by atoms with E-state index < -0.39 is 25.0 Å². The molecule has 4 rings (SSSR count). The molecule has 1 aliphatic heterocycles. The fourth-order valence-electron chi connectivity index (χ4n) is 4.85. The van der Waals surface area contributed by atoms with Crippen molar-refractivity contribution in [3.8, 4) is 5.69 Å². The van der Waals surface area contributed by atoms with Crippen LogP contribution in [0.3, 0.4) is 0 Å². The maximum Gasteiger partial charge on any atom is 0.511 e. The van der Waals surface area contributed by atoms with Gasteiger partial charge in [0.2, 0.25) is 6.79 Å². The van der Waals surface area contributed by atoms with Gasteiger partial charge in [0.1, 0.15) is 18.0 Å². The maximum atomic E-state index is 12.7. The Labute approximate surface area is 264 Å². The van der Waals surface area contributed by atoms with E-state index in [0.717, 1.165) is 5.69 Å². The lowest BCUT2D eigenvalue weighted by molar-refractivity contribution is -0.154. The van der Waals surface area contributed by atoms with Gasteiger partial charge >= 0.3 is 12.1 Å². The van der Waals surface area contributed by atoms with E-state index in [1.807, 2.05) is 40.7 Å². The molecule has 3 aromatic rings. The van der Waals surface area contributed by atoms with Gasteiger partial charge in [-0.05, 0) is 37.3 Å². The van der Waals surface area contributed by atoms with Gasteiger partial charge in [-0.15, -0.1) is 0 Å². The number of aryl methyl sites for hydroxylation is 1. The summed E-state index contributed by atoms with van der Waals surface area (Å²) in [5, 5.41) is 0.507. The highest BCUT2D eigenvalue weighted by Crippen LogP contribution is 2.47. The van der Waals surface area contributed by atoms with E-state index in [9.17, 15) is 9.59 Å². The molecular formula is C29H30Cl4N4O5. The second-order valence-electron chi connectivity index (χ2n) is 10.4. The Bertz CT molecular complexity index is 1500. The maximum absolute atomic E-state index is 12.7. The first-order valence-corrected chi connectivity index (χ1v) is 14.8. The number of hydrogen-bond acceptors (Lipinski definition) is 8. The van der Waals surface area contributed by atoms with Gasteiger partial charge in [-0.3, -0.25) is 19.3 Å². The number of carbonyl (C=O) groups excluding carboxylic acids is 2. The van der Waals surface area contributed by atoms with Crippen LogP contribution in [0.4, 0.5) is 4.79 Å². The number of ether oxygens (including phenoxy) is 3. The largest absolute Gasteiger partial charge is 0.511 e. The molecule has 0 fully saturated rings. The van der Waals surface area contributed by atoms with Crippen LogP contribution >= 0.6 is 46.4 Å². The van der Waals surface area contributed by atoms with Crippen LogP contribution in [0.2, 0.25) is 20.1 Å². The third-order valence-corrected chi connectivity index (χ3v) is 8.52. The van der Waals surface area contributed by atoms with Crippen molar-refractivity contribution in [1.82, 2.24) is 14.5 Å². The van der Waals surface area contributed by atoms with Crippen LogP contribution in [0.5, 0.6) is 0 Å². The topological polar surface area (TPSA) is 105 Å². The van der Waals surface area contributed by atoms with Crippen LogP contribution < -0.4 is 0 Å². The minimum Gasteiger partial charge on any atom is -0.430 e. The van der Waals surface area contributed by atoms with E-state index in [1.54, 1.807) is 29.1 Å². The van der Waals surface area contributed by atoms with Crippen molar-refractivity contribution < 1.29 is 23.8 Å². The van der Waals surface area contributed by atoms with Crippen LogP contribution in [0.15, 0.2) is 35.6 Å². The molecule has 1 aromatic carbocycles. The Morgan fingerprint density at radius 2 is 1.64 bits per heavy atom. The van der Waals surface area contributed by atoms with Crippen molar-refractivity contribution in [2.75, 3.05) is 6.79 Å². The fourth-order valence-corrected chi connectivity index (χ4v) is 5.87. The van der Waals surface area contributed by atoms with Gasteiger partial charge in [-0.2, -0.15) is 0 Å². The fraction of sp³-hybridized carbons (Fsp3) is 0.414. The SMILES string of the molecule is Cc1cnc2n1-c1c(Cl)c(Cl)c(Cl)c(Cl)c1C(c1ccccn1)=N[C@H]2CCC(=O)OCOC(=O)OC(C(C)C)C(C)C. The normalized spacial score (nSPS) is 14.4. The van der Waals surface area contributed by atoms with Crippen LogP contribution in [0.25, 0.3) is 5.69 Å². The molecule has 0 saturated carbocycles. The van der Waals surface area contributed by atoms with Crippen LogP contribution in [-0.2, 0) is 19.0 Å². The molecule has 0 unspecified atom stereocenters. The number of benzene rings is 1. The first-order chi connectivity index (χ1) is 19.9. The van der Waals surface area contributed by atoms with Crippen molar-refractivity contribution in [2.45, 2.75) is 59.6 Å². The second-order valence-corrected chi connectivity index (χ2v) is 11.9. The number of fused-ring (bicyclic) bond motifs is 3. The number of halogens is 4. The first kappa shape index (κ1) is 32.1. The molecule has 3 heterocycles. The predicted octanol–water partition coefficient (Wildman–Crippen LogP) is 8.20. The van der Waals surface area contributed by atoms with E-state index in [-0.39, 0.29) is 50.9 Å². The summed E-state index contributed by atoms with van der Waals surface area (Å²) in [7, 11) is 0. The Morgan fingerprint density at radius 3 is 2.29 bits per heavy atom. The van der Waals surface area contributed by atoms with E-state index in [4.69, 9.17) is 65.6 Å². The van der Waals surface area contributed by atoms with Crippen LogP contribution in [-0.4, -0.2) is 45.3 Å². The minimum atomic E-state index is -0.898. The zero-order valence-corrected chi connectivity index (χ0v) is 26.7. The number of imidazole rings is 1. The number of aliphatic imine (C=N–C) groups is 1. The van der Waals surface area contributed by atoms with Gasteiger partial charge in [-0.1, -0.05) is 80.2 Å². The first-order valence-electron chi connectivity index (χ1n) is 13.3. The zero-order chi connectivity index (χ0) is 30.7. The number of nitrogens with zero attached hydrogens (tertiary/aromatic N) is 4. The smallest absolute Gasteiger partial charge is 0.430 e. The number of hydrogen-bond donors (Lipinski definition) is 0. The zero-order valence-electron chi connectivity index (χ0n) is 23.7. The second kappa shape index (κ2) is 13.6. The third kappa shape index (κ3) is 6.70. The summed E-state index contributed by atoms with van der Waals surface area (Å²) in [6.45, 7) is 9.07. The minimum absolute atomic E-state index is 0.0616. The monoisotopic (exact) mass is 654 g/mol. The van der Waals surface area contributed by atoms with Gasteiger partial charge in [0.05, 0.1) is 37.2 Å². The summed E-state index contributed by atoms with van der Waals surface area (Å²) in [6.07, 6.45) is 2.21. The van der Waals surface area contributed by atoms with Gasteiger partial charge in [0, 0.05) is 30.1 Å². The lowest BCUT2D eigenvalue weighted by Crippen LogP contribution is -2.29. The molecule has 1 atom stereocenters. The number of carbonyl (C=O) groups is 2. The summed E-state index contributed by atoms with van der Waals surface area (Å²) in [6, 6.07) is 4.73. The molecule has 0 spiro atoms. The number of pyridine rings is 1. The number of esters is 1. The van der Waals surface area contributed by atoms with Gasteiger partial charge in [0.25, 0.3) is 0 Å². The molecule has 13 heteroatoms. The number of aromatic nitrogens is 3. The lowest BCUT2D eigenvalue weighted by atomic mass is 9.96. The molecule has 0 radical (unpaired) electrons. The summed E-state index contributed by atoms with van der Waals surface area (Å²) in [5.74, 6) is 0.128. The van der Waals surface area contributed by atoms with Crippen molar-refractivity contribution in [1.29, 1.82) is 0 Å². The average Bonchev–Trinajstić information content (AvgIpc) is 3.26. The Morgan fingerprint density at radius 1 is 0.952 bits per heavy atom. The third-order valence-electron chi connectivity index (χ3n) is 6.72. The van der Waals surface area contributed by atoms with E-state index in [0.29, 0.717) is 28.5 Å². The quantitative estimate of drug-likeness (QED) is 0.0990. The van der Waals surface area contributed by atoms with Gasteiger partial charge in [0.15, 0.2) is 0 Å². The van der Waals surface area contributed by atoms with Crippen molar-refractivity contribution in [2.24, 2.45) is 16.8 Å². The van der Waals surface area contributed by atoms with Crippen molar-refractivity contribution in [3.63, 3.8) is 0 Å². The molecule has 0 amide bonds. The Kier molecular flexibility index (Phi) is 10.4. The Hall–Kier alpha value is -2.85. The molecule has 2 aromatic heterocycles. The van der Waals surface area contributed by atoms with Crippen molar-refractivity contribution in [3.05, 3.63) is 73.5 Å². The van der Waals surface area contributed by atoms with Gasteiger partial charge in [-0.25, -0.2) is 9.78 Å². The molecule has 0 saturated heterocycles.